The van der Waals surface area contributed by atoms with E-state index in [1.807, 2.05) is 19.3 Å². The summed E-state index contributed by atoms with van der Waals surface area (Å²) < 4.78 is 8.24. The van der Waals surface area contributed by atoms with E-state index in [0.717, 1.165) is 25.0 Å². The summed E-state index contributed by atoms with van der Waals surface area (Å²) >= 11 is 0. The first kappa shape index (κ1) is 11.2. The van der Waals surface area contributed by atoms with Crippen molar-refractivity contribution in [1.29, 1.82) is 0 Å². The van der Waals surface area contributed by atoms with Crippen molar-refractivity contribution in [3.05, 3.63) is 18.2 Å². The fourth-order valence-electron chi connectivity index (χ4n) is 2.47. The summed E-state index contributed by atoms with van der Waals surface area (Å²) in [7, 11) is 0. The van der Waals surface area contributed by atoms with E-state index in [0.29, 0.717) is 12.2 Å². The van der Waals surface area contributed by atoms with E-state index in [1.54, 1.807) is 0 Å². The molecule has 4 heteroatoms. The van der Waals surface area contributed by atoms with Crippen LogP contribution in [0.3, 0.4) is 0 Å². The average molecular weight is 235 g/mol. The zero-order valence-electron chi connectivity index (χ0n) is 10.4. The number of hydrogen-bond donors (Lipinski definition) is 1. The summed E-state index contributed by atoms with van der Waals surface area (Å²) in [6.07, 6.45) is 9.75. The molecule has 2 aliphatic rings. The van der Waals surface area contributed by atoms with Crippen molar-refractivity contribution in [2.75, 3.05) is 6.54 Å². The maximum absolute atomic E-state index is 6.06. The van der Waals surface area contributed by atoms with Crippen LogP contribution in [0.15, 0.2) is 12.4 Å². The highest BCUT2D eigenvalue weighted by atomic mass is 16.5. The van der Waals surface area contributed by atoms with Crippen LogP contribution in [0.4, 0.5) is 0 Å². The topological polar surface area (TPSA) is 39.1 Å². The van der Waals surface area contributed by atoms with Gasteiger partial charge in [0, 0.05) is 25.0 Å². The van der Waals surface area contributed by atoms with Gasteiger partial charge in [-0.2, -0.15) is 0 Å². The average Bonchev–Trinajstić information content (AvgIpc) is 2.92. The second-order valence-electron chi connectivity index (χ2n) is 5.27. The van der Waals surface area contributed by atoms with E-state index in [1.165, 1.54) is 25.7 Å². The standard InChI is InChI=1S/C13H21N3O/c1-10-14-6-7-16(10)9-13-5-4-12(17-13)8-15-11-2-3-11/h6-7,11-13,15H,2-5,8-9H2,1H3. The summed E-state index contributed by atoms with van der Waals surface area (Å²) in [5.74, 6) is 1.08. The van der Waals surface area contributed by atoms with E-state index in [2.05, 4.69) is 14.9 Å². The predicted molar refractivity (Wildman–Crippen MR) is 65.9 cm³/mol. The van der Waals surface area contributed by atoms with Crippen molar-refractivity contribution in [3.8, 4) is 0 Å². The van der Waals surface area contributed by atoms with Gasteiger partial charge in [0.1, 0.15) is 5.82 Å². The van der Waals surface area contributed by atoms with E-state index in [-0.39, 0.29) is 0 Å². The van der Waals surface area contributed by atoms with Gasteiger partial charge in [0.05, 0.1) is 18.8 Å². The minimum absolute atomic E-state index is 0.369. The first-order chi connectivity index (χ1) is 8.31. The lowest BCUT2D eigenvalue weighted by atomic mass is 10.2. The summed E-state index contributed by atoms with van der Waals surface area (Å²) in [5.41, 5.74) is 0. The fourth-order valence-corrected chi connectivity index (χ4v) is 2.47. The lowest BCUT2D eigenvalue weighted by Gasteiger charge is -2.15. The number of ether oxygens (including phenoxy) is 1. The third-order valence-electron chi connectivity index (χ3n) is 3.73. The highest BCUT2D eigenvalue weighted by molar-refractivity contribution is 4.90. The van der Waals surface area contributed by atoms with Crippen LogP contribution < -0.4 is 5.32 Å². The lowest BCUT2D eigenvalue weighted by Crippen LogP contribution is -2.29. The third kappa shape index (κ3) is 2.87. The molecule has 1 N–H and O–H groups in total. The zero-order chi connectivity index (χ0) is 11.7. The van der Waals surface area contributed by atoms with E-state index in [9.17, 15) is 0 Å². The van der Waals surface area contributed by atoms with E-state index in [4.69, 9.17) is 4.74 Å². The van der Waals surface area contributed by atoms with Crippen molar-refractivity contribution < 1.29 is 4.74 Å². The van der Waals surface area contributed by atoms with Gasteiger partial charge in [-0.3, -0.25) is 0 Å². The molecule has 1 aliphatic heterocycles. The van der Waals surface area contributed by atoms with Crippen molar-refractivity contribution >= 4 is 0 Å². The Morgan fingerprint density at radius 3 is 2.88 bits per heavy atom. The van der Waals surface area contributed by atoms with Crippen molar-refractivity contribution in [2.24, 2.45) is 0 Å². The third-order valence-corrected chi connectivity index (χ3v) is 3.73. The molecule has 94 valence electrons. The second-order valence-corrected chi connectivity index (χ2v) is 5.27. The first-order valence-corrected chi connectivity index (χ1v) is 6.68. The molecule has 2 fully saturated rings. The normalized spacial score (nSPS) is 28.8. The molecule has 1 saturated carbocycles. The van der Waals surface area contributed by atoms with Crippen LogP contribution in [-0.4, -0.2) is 34.3 Å². The number of rotatable bonds is 5. The summed E-state index contributed by atoms with van der Waals surface area (Å²) in [6, 6.07) is 0.786. The van der Waals surface area contributed by atoms with Crippen LogP contribution in [0, 0.1) is 6.92 Å². The Hall–Kier alpha value is -0.870. The van der Waals surface area contributed by atoms with Crippen LogP contribution in [0.2, 0.25) is 0 Å². The van der Waals surface area contributed by atoms with Gasteiger partial charge in [-0.05, 0) is 32.6 Å². The Morgan fingerprint density at radius 1 is 1.35 bits per heavy atom. The molecular weight excluding hydrogens is 214 g/mol. The zero-order valence-corrected chi connectivity index (χ0v) is 10.4. The van der Waals surface area contributed by atoms with E-state index < -0.39 is 0 Å². The molecule has 0 bridgehead atoms. The van der Waals surface area contributed by atoms with Gasteiger partial charge in [-0.25, -0.2) is 4.98 Å². The molecular formula is C13H21N3O. The van der Waals surface area contributed by atoms with Crippen LogP contribution in [-0.2, 0) is 11.3 Å². The summed E-state index contributed by atoms with van der Waals surface area (Å²) in [6.45, 7) is 4.02. The van der Waals surface area contributed by atoms with Gasteiger partial charge in [0.25, 0.3) is 0 Å². The smallest absolute Gasteiger partial charge is 0.105 e. The summed E-state index contributed by atoms with van der Waals surface area (Å²) in [5, 5.41) is 3.55. The molecule has 1 aliphatic carbocycles. The minimum atomic E-state index is 0.369. The summed E-state index contributed by atoms with van der Waals surface area (Å²) in [4.78, 5) is 4.24. The van der Waals surface area contributed by atoms with Gasteiger partial charge in [0.2, 0.25) is 0 Å². The van der Waals surface area contributed by atoms with Gasteiger partial charge in [-0.15, -0.1) is 0 Å². The minimum Gasteiger partial charge on any atom is -0.372 e. The molecule has 1 aromatic heterocycles. The Bertz CT molecular complexity index is 372. The molecule has 0 amide bonds. The van der Waals surface area contributed by atoms with Crippen LogP contribution in [0.1, 0.15) is 31.5 Å². The Labute approximate surface area is 102 Å². The first-order valence-electron chi connectivity index (χ1n) is 6.68. The number of aryl methyl sites for hydroxylation is 1. The fraction of sp³-hybridized carbons (Fsp3) is 0.769. The quantitative estimate of drug-likeness (QED) is 0.840. The molecule has 0 radical (unpaired) electrons. The molecule has 17 heavy (non-hydrogen) atoms. The van der Waals surface area contributed by atoms with Gasteiger partial charge in [-0.1, -0.05) is 0 Å². The number of hydrogen-bond acceptors (Lipinski definition) is 3. The molecule has 1 aromatic rings. The number of imidazole rings is 1. The van der Waals surface area contributed by atoms with Crippen molar-refractivity contribution in [1.82, 2.24) is 14.9 Å². The Balaban J connectivity index is 1.45. The number of nitrogens with one attached hydrogen (secondary N) is 1. The maximum Gasteiger partial charge on any atom is 0.105 e. The monoisotopic (exact) mass is 235 g/mol. The highest BCUT2D eigenvalue weighted by Gasteiger charge is 2.28. The number of nitrogens with zero attached hydrogens (tertiary/aromatic N) is 2. The van der Waals surface area contributed by atoms with Crippen LogP contribution >= 0.6 is 0 Å². The highest BCUT2D eigenvalue weighted by Crippen LogP contribution is 2.23. The molecule has 0 aromatic carbocycles. The van der Waals surface area contributed by atoms with Gasteiger partial charge >= 0.3 is 0 Å². The molecule has 4 nitrogen and oxygen atoms in total. The number of aromatic nitrogens is 2. The Kier molecular flexibility index (Phi) is 3.16. The van der Waals surface area contributed by atoms with Crippen molar-refractivity contribution in [2.45, 2.75) is 57.4 Å². The van der Waals surface area contributed by atoms with Gasteiger partial charge < -0.3 is 14.6 Å². The Morgan fingerprint density at radius 2 is 2.18 bits per heavy atom. The molecule has 0 spiro atoms. The van der Waals surface area contributed by atoms with Crippen molar-refractivity contribution in [3.63, 3.8) is 0 Å². The molecule has 2 heterocycles. The SMILES string of the molecule is Cc1nccn1CC1CCC(CNC2CC2)O1. The van der Waals surface area contributed by atoms with E-state index >= 15 is 0 Å². The van der Waals surface area contributed by atoms with Crippen LogP contribution in [0.5, 0.6) is 0 Å². The molecule has 2 atom stereocenters. The van der Waals surface area contributed by atoms with Crippen LogP contribution in [0.25, 0.3) is 0 Å². The second kappa shape index (κ2) is 4.78. The predicted octanol–water partition coefficient (Wildman–Crippen LogP) is 1.49. The lowest BCUT2D eigenvalue weighted by molar-refractivity contribution is 0.0356. The van der Waals surface area contributed by atoms with Gasteiger partial charge in [0.15, 0.2) is 0 Å². The molecule has 2 unspecified atom stereocenters. The molecule has 3 rings (SSSR count). The largest absolute Gasteiger partial charge is 0.372 e. The molecule has 1 saturated heterocycles. The maximum atomic E-state index is 6.06.